The topological polar surface area (TPSA) is 169 Å². The van der Waals surface area contributed by atoms with Crippen LogP contribution in [0.5, 0.6) is 0 Å². The van der Waals surface area contributed by atoms with Gasteiger partial charge in [0.05, 0.1) is 19.3 Å². The molecule has 0 aromatic carbocycles. The van der Waals surface area contributed by atoms with Crippen LogP contribution in [-0.2, 0) is 14.2 Å². The van der Waals surface area contributed by atoms with E-state index in [0.717, 1.165) is 0 Å². The van der Waals surface area contributed by atoms with Gasteiger partial charge in [-0.25, -0.2) is 0 Å². The summed E-state index contributed by atoms with van der Waals surface area (Å²) in [4.78, 5) is 0. The molecule has 10 nitrogen and oxygen atoms in total. The zero-order chi connectivity index (χ0) is 17.3. The highest BCUT2D eigenvalue weighted by atomic mass is 16.7. The number of aliphatic hydroxyl groups excluding tert-OH is 7. The Morgan fingerprint density at radius 3 is 1.83 bits per heavy atom. The minimum Gasteiger partial charge on any atom is -0.394 e. The Kier molecular flexibility index (Phi) is 6.30. The van der Waals surface area contributed by atoms with Crippen LogP contribution in [0.15, 0.2) is 0 Å². The number of hydrogen-bond donors (Lipinski definition) is 7. The zero-order valence-electron chi connectivity index (χ0n) is 12.5. The summed E-state index contributed by atoms with van der Waals surface area (Å²) in [5.74, 6) is 0. The van der Waals surface area contributed by atoms with Gasteiger partial charge in [0.1, 0.15) is 48.8 Å². The largest absolute Gasteiger partial charge is 0.394 e. The Bertz CT molecular complexity index is 380. The van der Waals surface area contributed by atoms with Gasteiger partial charge in [0, 0.05) is 0 Å². The Morgan fingerprint density at radius 2 is 1.26 bits per heavy atom. The molecule has 136 valence electrons. The van der Waals surface area contributed by atoms with Crippen molar-refractivity contribution in [3.8, 4) is 0 Å². The minimum absolute atomic E-state index is 0.491. The molecule has 2 aliphatic heterocycles. The number of hydrogen-bond acceptors (Lipinski definition) is 10. The molecule has 2 saturated heterocycles. The van der Waals surface area contributed by atoms with Gasteiger partial charge in [-0.1, -0.05) is 0 Å². The first-order valence-electron chi connectivity index (χ1n) is 7.40. The Hall–Kier alpha value is -0.400. The van der Waals surface area contributed by atoms with E-state index in [1.54, 1.807) is 0 Å². The second-order valence-electron chi connectivity index (χ2n) is 5.84. The maximum atomic E-state index is 10.1. The van der Waals surface area contributed by atoms with Crippen LogP contribution in [0.3, 0.4) is 0 Å². The molecule has 0 spiro atoms. The van der Waals surface area contributed by atoms with Crippen LogP contribution in [-0.4, -0.2) is 110 Å². The summed E-state index contributed by atoms with van der Waals surface area (Å²) in [6.07, 6.45) is -13.0. The van der Waals surface area contributed by atoms with Crippen molar-refractivity contribution < 1.29 is 50.0 Å². The lowest BCUT2D eigenvalue weighted by molar-refractivity contribution is -0.340. The quantitative estimate of drug-likeness (QED) is 0.265. The molecule has 0 saturated carbocycles. The smallest absolute Gasteiger partial charge is 0.187 e. The van der Waals surface area contributed by atoms with Crippen LogP contribution in [0.1, 0.15) is 6.92 Å². The van der Waals surface area contributed by atoms with E-state index < -0.39 is 74.4 Å². The van der Waals surface area contributed by atoms with Crippen LogP contribution < -0.4 is 0 Å². The summed E-state index contributed by atoms with van der Waals surface area (Å²) < 4.78 is 15.9. The molecule has 0 aromatic heterocycles. The van der Waals surface area contributed by atoms with Crippen molar-refractivity contribution in [2.75, 3.05) is 13.2 Å². The molecule has 2 fully saturated rings. The third kappa shape index (κ3) is 3.66. The molecule has 23 heavy (non-hydrogen) atoms. The van der Waals surface area contributed by atoms with E-state index >= 15 is 0 Å². The summed E-state index contributed by atoms with van der Waals surface area (Å²) in [7, 11) is 0. The molecule has 0 aromatic rings. The van der Waals surface area contributed by atoms with Crippen molar-refractivity contribution in [1.82, 2.24) is 0 Å². The fourth-order valence-electron chi connectivity index (χ4n) is 2.80. The molecule has 7 N–H and O–H groups in total. The van der Waals surface area contributed by atoms with E-state index in [1.807, 2.05) is 0 Å². The Morgan fingerprint density at radius 1 is 0.739 bits per heavy atom. The number of aliphatic hydroxyl groups is 7. The molecule has 4 unspecified atom stereocenters. The van der Waals surface area contributed by atoms with Gasteiger partial charge in [-0.2, -0.15) is 0 Å². The maximum Gasteiger partial charge on any atom is 0.187 e. The normalized spacial score (nSPS) is 51.7. The van der Waals surface area contributed by atoms with Crippen LogP contribution in [0.25, 0.3) is 0 Å². The average molecular weight is 340 g/mol. The van der Waals surface area contributed by atoms with Crippen LogP contribution in [0.2, 0.25) is 0 Å². The molecule has 2 rings (SSSR count). The second kappa shape index (κ2) is 7.66. The van der Waals surface area contributed by atoms with Crippen molar-refractivity contribution in [2.24, 2.45) is 0 Å². The van der Waals surface area contributed by atoms with Crippen molar-refractivity contribution >= 4 is 0 Å². The van der Waals surface area contributed by atoms with Crippen molar-refractivity contribution in [1.29, 1.82) is 0 Å². The summed E-state index contributed by atoms with van der Waals surface area (Å²) >= 11 is 0. The third-order valence-corrected chi connectivity index (χ3v) is 4.24. The van der Waals surface area contributed by atoms with Gasteiger partial charge >= 0.3 is 0 Å². The first-order valence-corrected chi connectivity index (χ1v) is 7.40. The zero-order valence-corrected chi connectivity index (χ0v) is 12.5. The fraction of sp³-hybridized carbons (Fsp3) is 1.00. The molecular weight excluding hydrogens is 316 g/mol. The molecule has 2 aliphatic rings. The van der Waals surface area contributed by atoms with Gasteiger partial charge in [-0.15, -0.1) is 0 Å². The van der Waals surface area contributed by atoms with Crippen LogP contribution in [0, 0.1) is 0 Å². The van der Waals surface area contributed by atoms with Gasteiger partial charge < -0.3 is 50.0 Å². The van der Waals surface area contributed by atoms with E-state index in [-0.39, 0.29) is 0 Å². The predicted molar refractivity (Wildman–Crippen MR) is 72.1 cm³/mol. The van der Waals surface area contributed by atoms with Gasteiger partial charge in [0.25, 0.3) is 0 Å². The van der Waals surface area contributed by atoms with E-state index in [0.29, 0.717) is 0 Å². The Balaban J connectivity index is 2.08. The third-order valence-electron chi connectivity index (χ3n) is 4.24. The fourth-order valence-corrected chi connectivity index (χ4v) is 2.80. The maximum absolute atomic E-state index is 10.1. The standard InChI is InChI=1S/C13H24O10/c1-4-12(10(19)8(17)5(2-14)21-4)23-13-11(20)9(18)7(16)6(3-15)22-13/h4-20H,2-3H2,1H3/t4-,5?,6?,7-,8-,9?,10?,11-,12+,13-/m0/s1. The molecule has 10 atom stereocenters. The summed E-state index contributed by atoms with van der Waals surface area (Å²) in [6, 6.07) is 0. The first-order chi connectivity index (χ1) is 10.8. The molecule has 10 heteroatoms. The summed E-state index contributed by atoms with van der Waals surface area (Å²) in [6.45, 7) is 0.432. The first kappa shape index (κ1) is 18.9. The minimum atomic E-state index is -1.63. The van der Waals surface area contributed by atoms with Crippen LogP contribution >= 0.6 is 0 Å². The van der Waals surface area contributed by atoms with Gasteiger partial charge in [0.2, 0.25) is 0 Å². The van der Waals surface area contributed by atoms with Gasteiger partial charge in [-0.05, 0) is 6.92 Å². The van der Waals surface area contributed by atoms with Crippen LogP contribution in [0.4, 0.5) is 0 Å². The monoisotopic (exact) mass is 340 g/mol. The van der Waals surface area contributed by atoms with E-state index in [4.69, 9.17) is 24.4 Å². The highest BCUT2D eigenvalue weighted by molar-refractivity contribution is 4.94. The molecule has 0 aliphatic carbocycles. The van der Waals surface area contributed by atoms with Gasteiger partial charge in [0.15, 0.2) is 6.29 Å². The van der Waals surface area contributed by atoms with E-state index in [1.165, 1.54) is 6.92 Å². The molecule has 2 heterocycles. The number of ether oxygens (including phenoxy) is 3. The van der Waals surface area contributed by atoms with E-state index in [9.17, 15) is 25.5 Å². The predicted octanol–water partition coefficient (Wildman–Crippen LogP) is -4.33. The van der Waals surface area contributed by atoms with E-state index in [2.05, 4.69) is 0 Å². The Labute approximate surface area is 132 Å². The lowest BCUT2D eigenvalue weighted by Gasteiger charge is -2.45. The van der Waals surface area contributed by atoms with Crippen molar-refractivity contribution in [3.63, 3.8) is 0 Å². The average Bonchev–Trinajstić information content (AvgIpc) is 2.54. The van der Waals surface area contributed by atoms with Gasteiger partial charge in [-0.3, -0.25) is 0 Å². The van der Waals surface area contributed by atoms with Crippen molar-refractivity contribution in [2.45, 2.75) is 68.1 Å². The highest BCUT2D eigenvalue weighted by Gasteiger charge is 2.49. The molecular formula is C13H24O10. The van der Waals surface area contributed by atoms with Crippen molar-refractivity contribution in [3.05, 3.63) is 0 Å². The lowest BCUT2D eigenvalue weighted by atomic mass is 9.95. The molecule has 0 radical (unpaired) electrons. The second-order valence-corrected chi connectivity index (χ2v) is 5.84. The highest BCUT2D eigenvalue weighted by Crippen LogP contribution is 2.28. The molecule has 0 amide bonds. The SMILES string of the molecule is C[C@@H]1OC(CO)[C@H](O)C(O)[C@@H]1O[C@@H]1OC(CO)[C@H](O)C(O)[C@@H]1O. The number of rotatable bonds is 4. The summed E-state index contributed by atoms with van der Waals surface area (Å²) in [5.41, 5.74) is 0. The lowest BCUT2D eigenvalue weighted by Crippen LogP contribution is -2.63. The summed E-state index contributed by atoms with van der Waals surface area (Å²) in [5, 5.41) is 67.5. The molecule has 0 bridgehead atoms.